The number of carbonyl (C=O) groups is 1. The Morgan fingerprint density at radius 3 is 2.36 bits per heavy atom. The molecule has 1 amide bonds. The summed E-state index contributed by atoms with van der Waals surface area (Å²) in [4.78, 5) is 13.9. The molecule has 0 aromatic heterocycles. The van der Waals surface area contributed by atoms with Crippen molar-refractivity contribution in [2.45, 2.75) is 39.4 Å². The van der Waals surface area contributed by atoms with E-state index in [0.29, 0.717) is 11.3 Å². The summed E-state index contributed by atoms with van der Waals surface area (Å²) >= 11 is 4.36. The number of likely N-dealkylation sites (tertiary alicyclic amines) is 1. The number of amides is 1. The molecule has 1 saturated heterocycles. The highest BCUT2D eigenvalue weighted by atomic mass is 32.1. The van der Waals surface area contributed by atoms with E-state index in [1.54, 1.807) is 0 Å². The first-order valence-corrected chi connectivity index (χ1v) is 5.82. The van der Waals surface area contributed by atoms with E-state index < -0.39 is 0 Å². The van der Waals surface area contributed by atoms with Crippen LogP contribution in [0.25, 0.3) is 0 Å². The summed E-state index contributed by atoms with van der Waals surface area (Å²) in [7, 11) is 0. The Morgan fingerprint density at radius 1 is 1.43 bits per heavy atom. The minimum absolute atomic E-state index is 0.135. The van der Waals surface area contributed by atoms with Gasteiger partial charge in [-0.25, -0.2) is 0 Å². The first kappa shape index (κ1) is 11.9. The summed E-state index contributed by atoms with van der Waals surface area (Å²) in [6.45, 7) is 10.3. The van der Waals surface area contributed by atoms with Gasteiger partial charge < -0.3 is 4.90 Å². The minimum Gasteiger partial charge on any atom is -0.341 e. The van der Waals surface area contributed by atoms with Crippen LogP contribution in [0.3, 0.4) is 0 Å². The number of hydrogen-bond donors (Lipinski definition) is 1. The molecule has 0 aliphatic carbocycles. The van der Waals surface area contributed by atoms with Crippen LogP contribution in [0.5, 0.6) is 0 Å². The summed E-state index contributed by atoms with van der Waals surface area (Å²) in [5, 5.41) is -0.135. The third-order valence-electron chi connectivity index (χ3n) is 2.87. The highest BCUT2D eigenvalue weighted by Crippen LogP contribution is 2.30. The predicted octanol–water partition coefficient (Wildman–Crippen LogP) is 2.20. The highest BCUT2D eigenvalue weighted by molar-refractivity contribution is 7.81. The highest BCUT2D eigenvalue weighted by Gasteiger charge is 2.34. The number of carbonyl (C=O) groups excluding carboxylic acids is 1. The van der Waals surface area contributed by atoms with Gasteiger partial charge in [-0.1, -0.05) is 27.7 Å². The first-order valence-electron chi connectivity index (χ1n) is 5.30. The van der Waals surface area contributed by atoms with Crippen molar-refractivity contribution in [2.75, 3.05) is 13.1 Å². The summed E-state index contributed by atoms with van der Waals surface area (Å²) in [5.41, 5.74) is 0.292. The number of nitrogens with zero attached hydrogens (tertiary/aromatic N) is 1. The molecule has 0 bridgehead atoms. The molecular formula is C11H21NOS. The lowest BCUT2D eigenvalue weighted by atomic mass is 9.93. The molecule has 1 unspecified atom stereocenters. The lowest BCUT2D eigenvalue weighted by Gasteiger charge is -2.24. The zero-order valence-corrected chi connectivity index (χ0v) is 10.5. The third-order valence-corrected chi connectivity index (χ3v) is 3.69. The van der Waals surface area contributed by atoms with Crippen molar-refractivity contribution >= 4 is 18.5 Å². The van der Waals surface area contributed by atoms with Gasteiger partial charge in [-0.05, 0) is 17.8 Å². The largest absolute Gasteiger partial charge is 0.341 e. The van der Waals surface area contributed by atoms with Crippen molar-refractivity contribution in [2.24, 2.45) is 11.3 Å². The molecule has 0 aromatic rings. The van der Waals surface area contributed by atoms with Crippen LogP contribution in [0.15, 0.2) is 0 Å². The molecule has 1 heterocycles. The average molecular weight is 215 g/mol. The van der Waals surface area contributed by atoms with Crippen molar-refractivity contribution in [1.29, 1.82) is 0 Å². The second-order valence-electron chi connectivity index (χ2n) is 5.36. The van der Waals surface area contributed by atoms with E-state index in [-0.39, 0.29) is 11.2 Å². The summed E-state index contributed by atoms with van der Waals surface area (Å²) in [5.74, 6) is 0.517. The Morgan fingerprint density at radius 2 is 2.00 bits per heavy atom. The number of rotatable bonds is 2. The normalized spacial score (nSPS) is 22.9. The molecule has 1 aliphatic rings. The van der Waals surface area contributed by atoms with Gasteiger partial charge in [-0.2, -0.15) is 12.6 Å². The van der Waals surface area contributed by atoms with Crippen LogP contribution in [0.2, 0.25) is 0 Å². The van der Waals surface area contributed by atoms with Crippen molar-refractivity contribution in [1.82, 2.24) is 4.90 Å². The molecular weight excluding hydrogens is 194 g/mol. The van der Waals surface area contributed by atoms with Crippen molar-refractivity contribution in [3.8, 4) is 0 Å². The quantitative estimate of drug-likeness (QED) is 0.700. The van der Waals surface area contributed by atoms with E-state index >= 15 is 0 Å². The lowest BCUT2D eigenvalue weighted by Crippen LogP contribution is -2.38. The molecule has 2 nitrogen and oxygen atoms in total. The Hall–Kier alpha value is -0.180. The van der Waals surface area contributed by atoms with Gasteiger partial charge in [0, 0.05) is 13.1 Å². The standard InChI is InChI=1S/C11H21NOS/c1-8(2)9(14)10(13)12-6-5-11(3,4)7-12/h8-9,14H,5-7H2,1-4H3. The molecule has 0 radical (unpaired) electrons. The molecule has 0 saturated carbocycles. The van der Waals surface area contributed by atoms with Gasteiger partial charge >= 0.3 is 0 Å². The second kappa shape index (κ2) is 4.13. The van der Waals surface area contributed by atoms with Gasteiger partial charge in [0.2, 0.25) is 5.91 Å². The first-order chi connectivity index (χ1) is 6.33. The van der Waals surface area contributed by atoms with Crippen molar-refractivity contribution in [3.05, 3.63) is 0 Å². The zero-order chi connectivity index (χ0) is 10.9. The number of thiol groups is 1. The van der Waals surface area contributed by atoms with E-state index in [2.05, 4.69) is 26.5 Å². The van der Waals surface area contributed by atoms with Crippen LogP contribution < -0.4 is 0 Å². The lowest BCUT2D eigenvalue weighted by molar-refractivity contribution is -0.130. The van der Waals surface area contributed by atoms with Crippen LogP contribution in [-0.2, 0) is 4.79 Å². The topological polar surface area (TPSA) is 20.3 Å². The fourth-order valence-corrected chi connectivity index (χ4v) is 1.94. The van der Waals surface area contributed by atoms with Gasteiger partial charge in [0.05, 0.1) is 5.25 Å². The molecule has 1 rings (SSSR count). The SMILES string of the molecule is CC(C)C(S)C(=O)N1CCC(C)(C)C1. The van der Waals surface area contributed by atoms with Crippen LogP contribution in [0.1, 0.15) is 34.1 Å². The molecule has 1 aliphatic heterocycles. The Bertz CT molecular complexity index is 225. The van der Waals surface area contributed by atoms with E-state index in [4.69, 9.17) is 0 Å². The zero-order valence-electron chi connectivity index (χ0n) is 9.58. The molecule has 0 N–H and O–H groups in total. The second-order valence-corrected chi connectivity index (χ2v) is 5.92. The van der Waals surface area contributed by atoms with Gasteiger partial charge in [0.25, 0.3) is 0 Å². The Kier molecular flexibility index (Phi) is 3.51. The van der Waals surface area contributed by atoms with E-state index in [1.807, 2.05) is 18.7 Å². The fraction of sp³-hybridized carbons (Fsp3) is 0.909. The van der Waals surface area contributed by atoms with E-state index in [9.17, 15) is 4.79 Å². The molecule has 3 heteroatoms. The van der Waals surface area contributed by atoms with Crippen LogP contribution in [0.4, 0.5) is 0 Å². The van der Waals surface area contributed by atoms with E-state index in [1.165, 1.54) is 0 Å². The molecule has 0 spiro atoms. The molecule has 1 fully saturated rings. The van der Waals surface area contributed by atoms with Gasteiger partial charge in [-0.3, -0.25) is 4.79 Å². The van der Waals surface area contributed by atoms with Crippen molar-refractivity contribution in [3.63, 3.8) is 0 Å². The van der Waals surface area contributed by atoms with E-state index in [0.717, 1.165) is 19.5 Å². The van der Waals surface area contributed by atoms with Gasteiger partial charge in [0.15, 0.2) is 0 Å². The maximum atomic E-state index is 11.9. The summed E-state index contributed by atoms with van der Waals surface area (Å²) in [6.07, 6.45) is 1.11. The Labute approximate surface area is 92.5 Å². The average Bonchev–Trinajstić information content (AvgIpc) is 2.43. The van der Waals surface area contributed by atoms with Gasteiger partial charge in [-0.15, -0.1) is 0 Å². The van der Waals surface area contributed by atoms with Crippen LogP contribution >= 0.6 is 12.6 Å². The molecule has 82 valence electrons. The predicted molar refractivity (Wildman–Crippen MR) is 62.6 cm³/mol. The monoisotopic (exact) mass is 215 g/mol. The number of hydrogen-bond acceptors (Lipinski definition) is 2. The molecule has 14 heavy (non-hydrogen) atoms. The third kappa shape index (κ3) is 2.66. The minimum atomic E-state index is -0.135. The van der Waals surface area contributed by atoms with Crippen LogP contribution in [0, 0.1) is 11.3 Å². The Balaban J connectivity index is 2.56. The summed E-state index contributed by atoms with van der Waals surface area (Å²) < 4.78 is 0. The maximum Gasteiger partial charge on any atom is 0.235 e. The fourth-order valence-electron chi connectivity index (χ4n) is 1.77. The van der Waals surface area contributed by atoms with Gasteiger partial charge in [0.1, 0.15) is 0 Å². The van der Waals surface area contributed by atoms with Crippen LogP contribution in [-0.4, -0.2) is 29.1 Å². The van der Waals surface area contributed by atoms with Crippen molar-refractivity contribution < 1.29 is 4.79 Å². The summed E-state index contributed by atoms with van der Waals surface area (Å²) in [6, 6.07) is 0. The maximum absolute atomic E-state index is 11.9. The smallest absolute Gasteiger partial charge is 0.235 e. The molecule has 1 atom stereocenters. The molecule has 0 aromatic carbocycles.